The molecule has 0 bridgehead atoms. The lowest BCUT2D eigenvalue weighted by Crippen LogP contribution is -2.20. The van der Waals surface area contributed by atoms with Gasteiger partial charge in [-0.25, -0.2) is 4.79 Å². The van der Waals surface area contributed by atoms with Crippen molar-refractivity contribution >= 4 is 39.7 Å². The molecule has 0 heterocycles. The number of halogens is 1. The van der Waals surface area contributed by atoms with Gasteiger partial charge in [0, 0.05) is 11.3 Å². The summed E-state index contributed by atoms with van der Waals surface area (Å²) in [5.41, 5.74) is 1.52. The summed E-state index contributed by atoms with van der Waals surface area (Å²) in [5, 5.41) is 14.4. The van der Waals surface area contributed by atoms with Crippen LogP contribution in [0.25, 0.3) is 0 Å². The van der Waals surface area contributed by atoms with E-state index in [2.05, 4.69) is 26.4 Å². The number of nitrogens with one attached hydrogen (secondary N) is 1. The van der Waals surface area contributed by atoms with Gasteiger partial charge in [-0.05, 0) is 66.2 Å². The van der Waals surface area contributed by atoms with Crippen molar-refractivity contribution in [1.82, 2.24) is 0 Å². The van der Waals surface area contributed by atoms with Gasteiger partial charge in [-0.3, -0.25) is 4.79 Å². The Morgan fingerprint density at radius 3 is 2.48 bits per heavy atom. The molecule has 8 nitrogen and oxygen atoms in total. The molecule has 2 N–H and O–H groups in total. The topological polar surface area (TPSA) is 106 Å². The van der Waals surface area contributed by atoms with Gasteiger partial charge >= 0.3 is 5.97 Å². The van der Waals surface area contributed by atoms with E-state index in [-0.39, 0.29) is 12.5 Å². The fourth-order valence-electron chi connectivity index (χ4n) is 2.37. The maximum absolute atomic E-state index is 12.2. The molecule has 9 heteroatoms. The minimum atomic E-state index is -0.420. The molecule has 0 aromatic heterocycles. The van der Waals surface area contributed by atoms with Crippen LogP contribution in [0, 0.1) is 0 Å². The summed E-state index contributed by atoms with van der Waals surface area (Å²) in [6.07, 6.45) is 1.25. The van der Waals surface area contributed by atoms with E-state index in [0.29, 0.717) is 46.0 Å². The third-order valence-corrected chi connectivity index (χ3v) is 4.15. The quantitative estimate of drug-likeness (QED) is 0.252. The van der Waals surface area contributed by atoms with E-state index in [4.69, 9.17) is 19.4 Å². The van der Waals surface area contributed by atoms with E-state index in [9.17, 15) is 9.59 Å². The van der Waals surface area contributed by atoms with E-state index in [1.165, 1.54) is 6.21 Å². The molecule has 0 saturated heterocycles. The van der Waals surface area contributed by atoms with Crippen molar-refractivity contribution in [1.29, 1.82) is 0 Å². The Kier molecular flexibility index (Phi) is 8.47. The molecule has 154 valence electrons. The second-order valence-electron chi connectivity index (χ2n) is 5.64. The fraction of sp³-hybridized carbons (Fsp3) is 0.250. The Morgan fingerprint density at radius 1 is 1.14 bits per heavy atom. The molecule has 0 fully saturated rings. The number of rotatable bonds is 9. The number of carbonyl (C=O) groups is 2. The van der Waals surface area contributed by atoms with Crippen LogP contribution in [0.4, 0.5) is 5.69 Å². The van der Waals surface area contributed by atoms with Crippen molar-refractivity contribution in [3.8, 4) is 11.5 Å². The number of ether oxygens (including phenoxy) is 3. The molecule has 0 saturated carbocycles. The second-order valence-corrected chi connectivity index (χ2v) is 6.50. The van der Waals surface area contributed by atoms with Crippen LogP contribution in [0.5, 0.6) is 11.5 Å². The summed E-state index contributed by atoms with van der Waals surface area (Å²) < 4.78 is 16.6. The average Bonchev–Trinajstić information content (AvgIpc) is 2.68. The number of benzene rings is 2. The van der Waals surface area contributed by atoms with E-state index >= 15 is 0 Å². The molecule has 0 spiro atoms. The Labute approximate surface area is 176 Å². The lowest BCUT2D eigenvalue weighted by atomic mass is 10.2. The number of nitrogens with zero attached hydrogens (tertiary/aromatic N) is 1. The van der Waals surface area contributed by atoms with Crippen molar-refractivity contribution in [2.24, 2.45) is 5.16 Å². The van der Waals surface area contributed by atoms with Gasteiger partial charge in [-0.1, -0.05) is 5.16 Å². The van der Waals surface area contributed by atoms with Crippen LogP contribution in [-0.2, 0) is 9.53 Å². The highest BCUT2D eigenvalue weighted by Gasteiger charge is 2.14. The highest BCUT2D eigenvalue weighted by Crippen LogP contribution is 2.36. The minimum Gasteiger partial charge on any atom is -0.490 e. The number of amides is 1. The summed E-state index contributed by atoms with van der Waals surface area (Å²) in [7, 11) is 0. The van der Waals surface area contributed by atoms with Crippen LogP contribution in [0.1, 0.15) is 29.8 Å². The molecule has 2 aromatic rings. The second kappa shape index (κ2) is 11.1. The zero-order valence-corrected chi connectivity index (χ0v) is 17.6. The van der Waals surface area contributed by atoms with Crippen molar-refractivity contribution in [2.75, 3.05) is 25.1 Å². The van der Waals surface area contributed by atoms with Gasteiger partial charge in [0.25, 0.3) is 5.91 Å². The number of esters is 1. The summed E-state index contributed by atoms with van der Waals surface area (Å²) >= 11 is 3.37. The Bertz CT molecular complexity index is 883. The molecular weight excluding hydrogens is 444 g/mol. The van der Waals surface area contributed by atoms with Crippen LogP contribution in [0.3, 0.4) is 0 Å². The zero-order valence-electron chi connectivity index (χ0n) is 16.0. The highest BCUT2D eigenvalue weighted by molar-refractivity contribution is 9.10. The normalized spacial score (nSPS) is 10.6. The molecule has 2 rings (SSSR count). The lowest BCUT2D eigenvalue weighted by Gasteiger charge is -2.14. The summed E-state index contributed by atoms with van der Waals surface area (Å²) in [6, 6.07) is 9.65. The first-order chi connectivity index (χ1) is 14.0. The molecule has 0 unspecified atom stereocenters. The number of carbonyl (C=O) groups excluding carboxylic acids is 2. The molecule has 0 aliphatic carbocycles. The zero-order chi connectivity index (χ0) is 21.2. The molecule has 1 amide bonds. The maximum Gasteiger partial charge on any atom is 0.338 e. The van der Waals surface area contributed by atoms with Gasteiger partial charge in [0.2, 0.25) is 0 Å². The summed E-state index contributed by atoms with van der Waals surface area (Å²) in [6.45, 7) is 3.97. The standard InChI is InChI=1S/C20H21BrN2O6/c1-3-27-17-10-13(11-22-26)9-16(21)19(17)29-12-18(24)23-15-7-5-14(6-8-15)20(25)28-4-2/h5-11,26H,3-4,12H2,1-2H3,(H,23,24)/b22-11+. The summed E-state index contributed by atoms with van der Waals surface area (Å²) in [4.78, 5) is 23.9. The van der Waals surface area contributed by atoms with Gasteiger partial charge in [0.15, 0.2) is 18.1 Å². The highest BCUT2D eigenvalue weighted by atomic mass is 79.9. The monoisotopic (exact) mass is 464 g/mol. The smallest absolute Gasteiger partial charge is 0.338 e. The molecule has 2 aromatic carbocycles. The van der Waals surface area contributed by atoms with Gasteiger partial charge in [0.1, 0.15) is 0 Å². The number of anilines is 1. The maximum atomic E-state index is 12.2. The van der Waals surface area contributed by atoms with Crippen LogP contribution in [-0.4, -0.2) is 43.1 Å². The lowest BCUT2D eigenvalue weighted by molar-refractivity contribution is -0.118. The molecule has 0 atom stereocenters. The Hall–Kier alpha value is -3.07. The van der Waals surface area contributed by atoms with Crippen molar-refractivity contribution in [3.05, 3.63) is 52.0 Å². The van der Waals surface area contributed by atoms with E-state index in [1.54, 1.807) is 43.3 Å². The van der Waals surface area contributed by atoms with Gasteiger partial charge in [-0.2, -0.15) is 0 Å². The van der Waals surface area contributed by atoms with Crippen LogP contribution in [0.15, 0.2) is 46.0 Å². The van der Waals surface area contributed by atoms with Crippen LogP contribution >= 0.6 is 15.9 Å². The average molecular weight is 465 g/mol. The molecular formula is C20H21BrN2O6. The van der Waals surface area contributed by atoms with E-state index in [1.807, 2.05) is 6.92 Å². The first-order valence-electron chi connectivity index (χ1n) is 8.82. The number of hydrogen-bond acceptors (Lipinski definition) is 7. The third kappa shape index (κ3) is 6.49. The number of oxime groups is 1. The SMILES string of the molecule is CCOC(=O)c1ccc(NC(=O)COc2c(Br)cc(/C=N/O)cc2OCC)cc1. The Morgan fingerprint density at radius 2 is 1.86 bits per heavy atom. The first-order valence-corrected chi connectivity index (χ1v) is 9.61. The van der Waals surface area contributed by atoms with Crippen LogP contribution in [0.2, 0.25) is 0 Å². The minimum absolute atomic E-state index is 0.258. The largest absolute Gasteiger partial charge is 0.490 e. The third-order valence-electron chi connectivity index (χ3n) is 3.57. The number of hydrogen-bond donors (Lipinski definition) is 2. The fourth-order valence-corrected chi connectivity index (χ4v) is 2.95. The van der Waals surface area contributed by atoms with E-state index in [0.717, 1.165) is 0 Å². The molecule has 29 heavy (non-hydrogen) atoms. The first kappa shape index (κ1) is 22.2. The van der Waals surface area contributed by atoms with Crippen molar-refractivity contribution in [2.45, 2.75) is 13.8 Å². The molecule has 0 aliphatic rings. The molecule has 0 aliphatic heterocycles. The molecule has 0 radical (unpaired) electrons. The van der Waals surface area contributed by atoms with Crippen LogP contribution < -0.4 is 14.8 Å². The van der Waals surface area contributed by atoms with E-state index < -0.39 is 5.97 Å². The van der Waals surface area contributed by atoms with Gasteiger partial charge < -0.3 is 24.7 Å². The Balaban J connectivity index is 2.02. The predicted molar refractivity (Wildman–Crippen MR) is 111 cm³/mol. The predicted octanol–water partition coefficient (Wildman–Crippen LogP) is 3.85. The van der Waals surface area contributed by atoms with Crippen molar-refractivity contribution in [3.63, 3.8) is 0 Å². The van der Waals surface area contributed by atoms with Crippen molar-refractivity contribution < 1.29 is 29.0 Å². The van der Waals surface area contributed by atoms with Gasteiger partial charge in [0.05, 0.1) is 29.5 Å². The van der Waals surface area contributed by atoms with Gasteiger partial charge in [-0.15, -0.1) is 0 Å². The summed E-state index contributed by atoms with van der Waals surface area (Å²) in [5.74, 6) is -0.0425.